The summed E-state index contributed by atoms with van der Waals surface area (Å²) >= 11 is 1.70. The molecule has 0 spiro atoms. The molecule has 6 heteroatoms. The van der Waals surface area contributed by atoms with E-state index in [4.69, 9.17) is 10.5 Å². The summed E-state index contributed by atoms with van der Waals surface area (Å²) in [6.07, 6.45) is 3.25. The number of ether oxygens (including phenoxy) is 1. The minimum atomic E-state index is 0.235. The zero-order valence-electron chi connectivity index (χ0n) is 10.9. The van der Waals surface area contributed by atoms with E-state index >= 15 is 0 Å². The number of nitrogens with zero attached hydrogens (tertiary/aromatic N) is 2. The molecule has 0 unspecified atom stereocenters. The lowest BCUT2D eigenvalue weighted by Crippen LogP contribution is -2.40. The SMILES string of the molecule is Nc1ccc(SCCCC(=O)N2CCOCC2)cn1. The minimum Gasteiger partial charge on any atom is -0.384 e. The van der Waals surface area contributed by atoms with E-state index in [1.165, 1.54) is 0 Å². The average Bonchev–Trinajstić information content (AvgIpc) is 2.46. The van der Waals surface area contributed by atoms with Crippen molar-refractivity contribution in [2.75, 3.05) is 37.8 Å². The van der Waals surface area contributed by atoms with Crippen molar-refractivity contribution in [3.05, 3.63) is 18.3 Å². The van der Waals surface area contributed by atoms with Crippen molar-refractivity contribution in [1.29, 1.82) is 0 Å². The molecule has 0 bridgehead atoms. The van der Waals surface area contributed by atoms with E-state index in [1.54, 1.807) is 24.0 Å². The molecule has 1 aromatic rings. The maximum atomic E-state index is 11.9. The number of carbonyl (C=O) groups is 1. The Morgan fingerprint density at radius 2 is 2.21 bits per heavy atom. The smallest absolute Gasteiger partial charge is 0.222 e. The van der Waals surface area contributed by atoms with Crippen molar-refractivity contribution in [1.82, 2.24) is 9.88 Å². The zero-order chi connectivity index (χ0) is 13.5. The Balaban J connectivity index is 1.63. The molecule has 2 N–H and O–H groups in total. The highest BCUT2D eigenvalue weighted by Crippen LogP contribution is 2.19. The fourth-order valence-electron chi connectivity index (χ4n) is 1.86. The van der Waals surface area contributed by atoms with Crippen LogP contribution in [0.4, 0.5) is 5.82 Å². The van der Waals surface area contributed by atoms with E-state index in [-0.39, 0.29) is 5.91 Å². The van der Waals surface area contributed by atoms with E-state index in [0.29, 0.717) is 25.5 Å². The number of hydrogen-bond donors (Lipinski definition) is 1. The summed E-state index contributed by atoms with van der Waals surface area (Å²) in [5.41, 5.74) is 5.52. The number of morpholine rings is 1. The summed E-state index contributed by atoms with van der Waals surface area (Å²) in [5.74, 6) is 1.69. The Morgan fingerprint density at radius 1 is 1.42 bits per heavy atom. The van der Waals surface area contributed by atoms with Gasteiger partial charge in [-0.05, 0) is 24.3 Å². The highest BCUT2D eigenvalue weighted by molar-refractivity contribution is 7.99. The molecule has 19 heavy (non-hydrogen) atoms. The van der Waals surface area contributed by atoms with Crippen LogP contribution in [-0.4, -0.2) is 47.8 Å². The van der Waals surface area contributed by atoms with E-state index in [1.807, 2.05) is 11.0 Å². The summed E-state index contributed by atoms with van der Waals surface area (Å²) < 4.78 is 5.23. The van der Waals surface area contributed by atoms with Crippen molar-refractivity contribution in [2.45, 2.75) is 17.7 Å². The summed E-state index contributed by atoms with van der Waals surface area (Å²) in [6, 6.07) is 3.75. The fourth-order valence-corrected chi connectivity index (χ4v) is 2.68. The van der Waals surface area contributed by atoms with Gasteiger partial charge in [0.05, 0.1) is 13.2 Å². The second-order valence-corrected chi connectivity index (χ2v) is 5.53. The van der Waals surface area contributed by atoms with Crippen molar-refractivity contribution in [3.8, 4) is 0 Å². The van der Waals surface area contributed by atoms with Crippen molar-refractivity contribution in [2.24, 2.45) is 0 Å². The molecule has 2 rings (SSSR count). The number of hydrogen-bond acceptors (Lipinski definition) is 5. The molecule has 1 aromatic heterocycles. The number of amides is 1. The maximum Gasteiger partial charge on any atom is 0.222 e. The van der Waals surface area contributed by atoms with Crippen LogP contribution in [0.5, 0.6) is 0 Å². The third kappa shape index (κ3) is 4.72. The molecule has 1 aliphatic heterocycles. The maximum absolute atomic E-state index is 11.9. The van der Waals surface area contributed by atoms with Crippen LogP contribution >= 0.6 is 11.8 Å². The van der Waals surface area contributed by atoms with Crippen LogP contribution in [0, 0.1) is 0 Å². The lowest BCUT2D eigenvalue weighted by atomic mass is 10.3. The first-order valence-corrected chi connectivity index (χ1v) is 7.44. The van der Waals surface area contributed by atoms with Crippen LogP contribution in [-0.2, 0) is 9.53 Å². The van der Waals surface area contributed by atoms with E-state index in [0.717, 1.165) is 30.2 Å². The molecule has 0 atom stereocenters. The Hall–Kier alpha value is -1.27. The van der Waals surface area contributed by atoms with Gasteiger partial charge in [-0.1, -0.05) is 0 Å². The predicted molar refractivity (Wildman–Crippen MR) is 76.0 cm³/mol. The van der Waals surface area contributed by atoms with Crippen molar-refractivity contribution >= 4 is 23.5 Å². The minimum absolute atomic E-state index is 0.235. The lowest BCUT2D eigenvalue weighted by molar-refractivity contribution is -0.135. The third-order valence-corrected chi connectivity index (χ3v) is 3.99. The van der Waals surface area contributed by atoms with Crippen LogP contribution in [0.15, 0.2) is 23.2 Å². The van der Waals surface area contributed by atoms with E-state index in [2.05, 4.69) is 4.98 Å². The molecule has 1 amide bonds. The molecule has 2 heterocycles. The number of thioether (sulfide) groups is 1. The molecule has 0 aromatic carbocycles. The average molecular weight is 281 g/mol. The highest BCUT2D eigenvalue weighted by atomic mass is 32.2. The van der Waals surface area contributed by atoms with Gasteiger partial charge in [0.2, 0.25) is 5.91 Å². The second kappa shape index (κ2) is 7.35. The first kappa shape index (κ1) is 14.1. The number of carbonyl (C=O) groups excluding carboxylic acids is 1. The quantitative estimate of drug-likeness (QED) is 0.652. The Kier molecular flexibility index (Phi) is 5.47. The Morgan fingerprint density at radius 3 is 2.89 bits per heavy atom. The van der Waals surface area contributed by atoms with Gasteiger partial charge in [-0.15, -0.1) is 11.8 Å². The van der Waals surface area contributed by atoms with Gasteiger partial charge in [0.15, 0.2) is 0 Å². The number of nitrogens with two attached hydrogens (primary N) is 1. The van der Waals surface area contributed by atoms with Gasteiger partial charge in [0.1, 0.15) is 5.82 Å². The van der Waals surface area contributed by atoms with Crippen molar-refractivity contribution < 1.29 is 9.53 Å². The molecule has 5 nitrogen and oxygen atoms in total. The van der Waals surface area contributed by atoms with Gasteiger partial charge >= 0.3 is 0 Å². The second-order valence-electron chi connectivity index (χ2n) is 4.36. The van der Waals surface area contributed by atoms with Crippen LogP contribution < -0.4 is 5.73 Å². The predicted octanol–water partition coefficient (Wildman–Crippen LogP) is 1.39. The normalized spacial score (nSPS) is 15.5. The summed E-state index contributed by atoms with van der Waals surface area (Å²) in [4.78, 5) is 18.9. The first-order chi connectivity index (χ1) is 9.25. The molecule has 104 valence electrons. The van der Waals surface area contributed by atoms with Gasteiger partial charge in [0, 0.05) is 30.6 Å². The summed E-state index contributed by atoms with van der Waals surface area (Å²) in [6.45, 7) is 2.79. The number of pyridine rings is 1. The topological polar surface area (TPSA) is 68.5 Å². The van der Waals surface area contributed by atoms with Gasteiger partial charge in [-0.2, -0.15) is 0 Å². The monoisotopic (exact) mass is 281 g/mol. The summed E-state index contributed by atoms with van der Waals surface area (Å²) in [5, 5.41) is 0. The lowest BCUT2D eigenvalue weighted by Gasteiger charge is -2.26. The van der Waals surface area contributed by atoms with Crippen LogP contribution in [0.3, 0.4) is 0 Å². The molecule has 0 saturated carbocycles. The van der Waals surface area contributed by atoms with Crippen LogP contribution in [0.1, 0.15) is 12.8 Å². The Labute approximate surface area is 117 Å². The highest BCUT2D eigenvalue weighted by Gasteiger charge is 2.15. The van der Waals surface area contributed by atoms with Crippen molar-refractivity contribution in [3.63, 3.8) is 0 Å². The number of rotatable bonds is 5. The third-order valence-electron chi connectivity index (χ3n) is 2.93. The zero-order valence-corrected chi connectivity index (χ0v) is 11.7. The largest absolute Gasteiger partial charge is 0.384 e. The van der Waals surface area contributed by atoms with E-state index in [9.17, 15) is 4.79 Å². The molecule has 0 radical (unpaired) electrons. The van der Waals surface area contributed by atoms with E-state index < -0.39 is 0 Å². The van der Waals surface area contributed by atoms with Gasteiger partial charge in [-0.25, -0.2) is 4.98 Å². The van der Waals surface area contributed by atoms with Crippen LogP contribution in [0.2, 0.25) is 0 Å². The standard InChI is InChI=1S/C13H19N3O2S/c14-12-4-3-11(10-15-12)19-9-1-2-13(17)16-5-7-18-8-6-16/h3-4,10H,1-2,5-9H2,(H2,14,15). The molecule has 1 saturated heterocycles. The Bertz CT molecular complexity index is 405. The molecule has 1 fully saturated rings. The fraction of sp³-hybridized carbons (Fsp3) is 0.538. The molecular formula is C13H19N3O2S. The van der Waals surface area contributed by atoms with Crippen LogP contribution in [0.25, 0.3) is 0 Å². The number of aromatic nitrogens is 1. The first-order valence-electron chi connectivity index (χ1n) is 6.45. The molecule has 1 aliphatic rings. The number of anilines is 1. The van der Waals surface area contributed by atoms with Gasteiger partial charge in [-0.3, -0.25) is 4.79 Å². The van der Waals surface area contributed by atoms with Gasteiger partial charge in [0.25, 0.3) is 0 Å². The summed E-state index contributed by atoms with van der Waals surface area (Å²) in [7, 11) is 0. The molecule has 0 aliphatic carbocycles. The number of nitrogen functional groups attached to an aromatic ring is 1. The van der Waals surface area contributed by atoms with Gasteiger partial charge < -0.3 is 15.4 Å². The molecular weight excluding hydrogens is 262 g/mol.